The van der Waals surface area contributed by atoms with Gasteiger partial charge in [0, 0.05) is 23.3 Å². The lowest BCUT2D eigenvalue weighted by atomic mass is 10.2. The van der Waals surface area contributed by atoms with Crippen molar-refractivity contribution in [2.24, 2.45) is 0 Å². The fourth-order valence-corrected chi connectivity index (χ4v) is 2.58. The molecule has 0 radical (unpaired) electrons. The first kappa shape index (κ1) is 18.4. The Bertz CT molecular complexity index is 767. The van der Waals surface area contributed by atoms with Crippen LogP contribution in [0.25, 0.3) is 0 Å². The highest BCUT2D eigenvalue weighted by Gasteiger charge is 2.19. The number of hydrogen-bond acceptors (Lipinski definition) is 5. The van der Waals surface area contributed by atoms with Crippen LogP contribution in [0.4, 0.5) is 5.69 Å². The number of hydrogen-bond donors (Lipinski definition) is 1. The summed E-state index contributed by atoms with van der Waals surface area (Å²) in [7, 11) is 1.88. The Morgan fingerprint density at radius 3 is 2.73 bits per heavy atom. The minimum absolute atomic E-state index is 0.0992. The normalized spacial score (nSPS) is 13.5. The number of likely N-dealkylation sites (N-methyl/N-ethyl adjacent to an activating group) is 1. The zero-order chi connectivity index (χ0) is 18.5. The smallest absolute Gasteiger partial charge is 0.241 e. The monoisotopic (exact) mass is 376 g/mol. The molecule has 6 nitrogen and oxygen atoms in total. The highest BCUT2D eigenvalue weighted by molar-refractivity contribution is 6.30. The number of benzene rings is 2. The maximum absolute atomic E-state index is 12.4. The molecule has 7 heteroatoms. The molecule has 1 heterocycles. The number of carbonyl (C=O) groups excluding carboxylic acids is 1. The average Bonchev–Trinajstić information content (AvgIpc) is 3.10. The minimum atomic E-state index is -0.311. The van der Waals surface area contributed by atoms with E-state index in [1.165, 1.54) is 0 Å². The molecule has 0 saturated heterocycles. The van der Waals surface area contributed by atoms with E-state index in [1.807, 2.05) is 31.0 Å². The number of anilines is 1. The molecule has 1 aliphatic heterocycles. The molecular weight excluding hydrogens is 356 g/mol. The first-order valence-corrected chi connectivity index (χ1v) is 8.70. The van der Waals surface area contributed by atoms with Crippen molar-refractivity contribution in [2.45, 2.75) is 13.0 Å². The molecule has 1 aliphatic rings. The second kappa shape index (κ2) is 8.29. The van der Waals surface area contributed by atoms with Crippen LogP contribution >= 0.6 is 11.6 Å². The lowest BCUT2D eigenvalue weighted by molar-refractivity contribution is -0.120. The van der Waals surface area contributed by atoms with Crippen LogP contribution in [0.2, 0.25) is 5.02 Å². The van der Waals surface area contributed by atoms with Crippen LogP contribution < -0.4 is 19.5 Å². The van der Waals surface area contributed by atoms with Gasteiger partial charge in [-0.05, 0) is 50.4 Å². The van der Waals surface area contributed by atoms with Gasteiger partial charge in [0.15, 0.2) is 11.5 Å². The maximum Gasteiger partial charge on any atom is 0.241 e. The van der Waals surface area contributed by atoms with E-state index in [0.29, 0.717) is 35.4 Å². The van der Waals surface area contributed by atoms with Gasteiger partial charge in [0.1, 0.15) is 12.4 Å². The van der Waals surface area contributed by atoms with E-state index in [9.17, 15) is 4.79 Å². The van der Waals surface area contributed by atoms with Gasteiger partial charge in [0.25, 0.3) is 0 Å². The standard InChI is InChI=1S/C19H21ClN2O4/c1-13(22(2)9-10-24-16-6-3-14(20)4-7-16)19(23)21-15-5-8-17-18(11-15)26-12-25-17/h3-8,11,13H,9-10,12H2,1-2H3,(H,21,23)/t13-/m0/s1. The van der Waals surface area contributed by atoms with Crippen LogP contribution in [0.5, 0.6) is 17.2 Å². The highest BCUT2D eigenvalue weighted by Crippen LogP contribution is 2.34. The molecule has 138 valence electrons. The van der Waals surface area contributed by atoms with Crippen molar-refractivity contribution in [3.8, 4) is 17.2 Å². The van der Waals surface area contributed by atoms with E-state index in [4.69, 9.17) is 25.8 Å². The van der Waals surface area contributed by atoms with E-state index in [1.54, 1.807) is 30.3 Å². The summed E-state index contributed by atoms with van der Waals surface area (Å²) < 4.78 is 16.3. The Balaban J connectivity index is 1.47. The number of rotatable bonds is 7. The summed E-state index contributed by atoms with van der Waals surface area (Å²) in [4.78, 5) is 14.4. The second-order valence-corrected chi connectivity index (χ2v) is 6.45. The van der Waals surface area contributed by atoms with Gasteiger partial charge >= 0.3 is 0 Å². The predicted octanol–water partition coefficient (Wildman–Crippen LogP) is 3.41. The summed E-state index contributed by atoms with van der Waals surface area (Å²) in [5, 5.41) is 3.56. The van der Waals surface area contributed by atoms with Crippen LogP contribution in [0.1, 0.15) is 6.92 Å². The molecule has 26 heavy (non-hydrogen) atoms. The highest BCUT2D eigenvalue weighted by atomic mass is 35.5. The quantitative estimate of drug-likeness (QED) is 0.802. The molecule has 2 aromatic carbocycles. The van der Waals surface area contributed by atoms with Crippen molar-refractivity contribution in [3.63, 3.8) is 0 Å². The zero-order valence-corrected chi connectivity index (χ0v) is 15.5. The molecule has 3 rings (SSSR count). The largest absolute Gasteiger partial charge is 0.492 e. The van der Waals surface area contributed by atoms with E-state index in [-0.39, 0.29) is 18.7 Å². The third-order valence-electron chi connectivity index (χ3n) is 4.21. The van der Waals surface area contributed by atoms with Crippen molar-refractivity contribution < 1.29 is 19.0 Å². The van der Waals surface area contributed by atoms with Crippen LogP contribution in [0.15, 0.2) is 42.5 Å². The minimum Gasteiger partial charge on any atom is -0.492 e. The molecule has 1 atom stereocenters. The number of halogens is 1. The van der Waals surface area contributed by atoms with E-state index in [2.05, 4.69) is 5.32 Å². The van der Waals surface area contributed by atoms with Gasteiger partial charge in [-0.2, -0.15) is 0 Å². The molecule has 1 amide bonds. The van der Waals surface area contributed by atoms with Crippen LogP contribution in [0, 0.1) is 0 Å². The summed E-state index contributed by atoms with van der Waals surface area (Å²) in [6.07, 6.45) is 0. The summed E-state index contributed by atoms with van der Waals surface area (Å²) in [6, 6.07) is 12.2. The Morgan fingerprint density at radius 2 is 1.96 bits per heavy atom. The molecule has 0 aliphatic carbocycles. The van der Waals surface area contributed by atoms with E-state index >= 15 is 0 Å². The topological polar surface area (TPSA) is 60.0 Å². The van der Waals surface area contributed by atoms with Crippen LogP contribution in [-0.4, -0.2) is 43.8 Å². The third kappa shape index (κ3) is 4.59. The Morgan fingerprint density at radius 1 is 1.23 bits per heavy atom. The fraction of sp³-hybridized carbons (Fsp3) is 0.316. The van der Waals surface area contributed by atoms with Crippen molar-refractivity contribution in [1.82, 2.24) is 4.90 Å². The van der Waals surface area contributed by atoms with Gasteiger partial charge < -0.3 is 19.5 Å². The molecule has 2 aromatic rings. The molecule has 0 unspecified atom stereocenters. The molecule has 0 spiro atoms. The van der Waals surface area contributed by atoms with Gasteiger partial charge in [0.2, 0.25) is 12.7 Å². The molecule has 1 N–H and O–H groups in total. The molecule has 0 bridgehead atoms. The fourth-order valence-electron chi connectivity index (χ4n) is 2.45. The van der Waals surface area contributed by atoms with Crippen molar-refractivity contribution >= 4 is 23.2 Å². The number of amides is 1. The Hall–Kier alpha value is -2.44. The summed E-state index contributed by atoms with van der Waals surface area (Å²) in [5.74, 6) is 1.98. The predicted molar refractivity (Wildman–Crippen MR) is 100 cm³/mol. The van der Waals surface area contributed by atoms with Gasteiger partial charge in [-0.15, -0.1) is 0 Å². The molecule has 0 saturated carbocycles. The molecule has 0 aromatic heterocycles. The first-order chi connectivity index (χ1) is 12.5. The lowest BCUT2D eigenvalue weighted by Gasteiger charge is -2.24. The van der Waals surface area contributed by atoms with Crippen molar-refractivity contribution in [1.29, 1.82) is 0 Å². The number of fused-ring (bicyclic) bond motifs is 1. The summed E-state index contributed by atoms with van der Waals surface area (Å²) in [5.41, 5.74) is 0.678. The van der Waals surface area contributed by atoms with Gasteiger partial charge in [0.05, 0.1) is 6.04 Å². The Kier molecular flexibility index (Phi) is 5.85. The zero-order valence-electron chi connectivity index (χ0n) is 14.7. The average molecular weight is 377 g/mol. The first-order valence-electron chi connectivity index (χ1n) is 8.32. The SMILES string of the molecule is C[C@@H](C(=O)Nc1ccc2c(c1)OCO2)N(C)CCOc1ccc(Cl)cc1. The lowest BCUT2D eigenvalue weighted by Crippen LogP contribution is -2.41. The third-order valence-corrected chi connectivity index (χ3v) is 4.46. The molecule has 0 fully saturated rings. The Labute approximate surface area is 157 Å². The molecular formula is C19H21ClN2O4. The van der Waals surface area contributed by atoms with E-state index in [0.717, 1.165) is 5.75 Å². The number of carbonyl (C=O) groups is 1. The van der Waals surface area contributed by atoms with Gasteiger partial charge in [-0.25, -0.2) is 0 Å². The number of nitrogens with zero attached hydrogens (tertiary/aromatic N) is 1. The number of ether oxygens (including phenoxy) is 3. The van der Waals surface area contributed by atoms with Crippen molar-refractivity contribution in [2.75, 3.05) is 32.3 Å². The van der Waals surface area contributed by atoms with Crippen molar-refractivity contribution in [3.05, 3.63) is 47.5 Å². The second-order valence-electron chi connectivity index (χ2n) is 6.02. The number of nitrogens with one attached hydrogen (secondary N) is 1. The van der Waals surface area contributed by atoms with E-state index < -0.39 is 0 Å². The summed E-state index contributed by atoms with van der Waals surface area (Å²) >= 11 is 5.85. The van der Waals surface area contributed by atoms with Gasteiger partial charge in [-0.3, -0.25) is 9.69 Å². The van der Waals surface area contributed by atoms with Crippen LogP contribution in [0.3, 0.4) is 0 Å². The summed E-state index contributed by atoms with van der Waals surface area (Å²) in [6.45, 7) is 3.14. The maximum atomic E-state index is 12.4. The van der Waals surface area contributed by atoms with Gasteiger partial charge in [-0.1, -0.05) is 11.6 Å². The van der Waals surface area contributed by atoms with Crippen LogP contribution in [-0.2, 0) is 4.79 Å².